The molecule has 1 rings (SSSR count). The van der Waals surface area contributed by atoms with Crippen LogP contribution in [0.4, 0.5) is 0 Å². The molecule has 0 aromatic carbocycles. The van der Waals surface area contributed by atoms with Gasteiger partial charge in [-0.25, -0.2) is 8.42 Å². The summed E-state index contributed by atoms with van der Waals surface area (Å²) in [6.45, 7) is 2.07. The van der Waals surface area contributed by atoms with Crippen LogP contribution in [0.3, 0.4) is 0 Å². The van der Waals surface area contributed by atoms with Crippen molar-refractivity contribution in [2.24, 2.45) is 5.73 Å². The van der Waals surface area contributed by atoms with Gasteiger partial charge in [0.1, 0.15) is 5.25 Å². The van der Waals surface area contributed by atoms with Gasteiger partial charge in [-0.3, -0.25) is 0 Å². The van der Waals surface area contributed by atoms with Crippen molar-refractivity contribution in [3.63, 3.8) is 0 Å². The van der Waals surface area contributed by atoms with Crippen molar-refractivity contribution in [1.29, 1.82) is 0 Å². The number of sulfone groups is 1. The monoisotopic (exact) mass is 233 g/mol. The SMILES string of the molecule is CC(c1nc(CCCN)no1)S(C)(=O)=O. The molecule has 15 heavy (non-hydrogen) atoms. The molecule has 0 aliphatic carbocycles. The second-order valence-electron chi connectivity index (χ2n) is 3.41. The van der Waals surface area contributed by atoms with Crippen LogP contribution in [0.25, 0.3) is 0 Å². The van der Waals surface area contributed by atoms with Gasteiger partial charge in [0.05, 0.1) is 0 Å². The smallest absolute Gasteiger partial charge is 0.244 e. The lowest BCUT2D eigenvalue weighted by Gasteiger charge is -2.01. The van der Waals surface area contributed by atoms with E-state index in [-0.39, 0.29) is 5.89 Å². The van der Waals surface area contributed by atoms with Crippen molar-refractivity contribution in [1.82, 2.24) is 10.1 Å². The summed E-state index contributed by atoms with van der Waals surface area (Å²) in [5.41, 5.74) is 5.33. The molecule has 0 aliphatic heterocycles. The highest BCUT2D eigenvalue weighted by Crippen LogP contribution is 2.18. The maximum Gasteiger partial charge on any atom is 0.244 e. The zero-order valence-corrected chi connectivity index (χ0v) is 9.62. The van der Waals surface area contributed by atoms with Crippen LogP contribution in [0.15, 0.2) is 4.52 Å². The third kappa shape index (κ3) is 3.28. The number of nitrogens with two attached hydrogens (primary N) is 1. The van der Waals surface area contributed by atoms with Crippen LogP contribution in [0, 0.1) is 0 Å². The second-order valence-corrected chi connectivity index (χ2v) is 5.78. The van der Waals surface area contributed by atoms with E-state index in [1.807, 2.05) is 0 Å². The predicted molar refractivity (Wildman–Crippen MR) is 54.9 cm³/mol. The maximum atomic E-state index is 11.2. The number of aromatic nitrogens is 2. The van der Waals surface area contributed by atoms with E-state index in [9.17, 15) is 8.42 Å². The first-order chi connectivity index (χ1) is 6.95. The summed E-state index contributed by atoms with van der Waals surface area (Å²) in [7, 11) is -3.18. The number of nitrogens with zero attached hydrogens (tertiary/aromatic N) is 2. The average molecular weight is 233 g/mol. The fourth-order valence-corrected chi connectivity index (χ4v) is 1.44. The van der Waals surface area contributed by atoms with Gasteiger partial charge in [-0.05, 0) is 19.9 Å². The Bertz CT molecular complexity index is 413. The highest BCUT2D eigenvalue weighted by Gasteiger charge is 2.23. The van der Waals surface area contributed by atoms with Crippen molar-refractivity contribution >= 4 is 9.84 Å². The van der Waals surface area contributed by atoms with Crippen molar-refractivity contribution in [3.8, 4) is 0 Å². The van der Waals surface area contributed by atoms with E-state index in [4.69, 9.17) is 10.3 Å². The highest BCUT2D eigenvalue weighted by molar-refractivity contribution is 7.90. The lowest BCUT2D eigenvalue weighted by atomic mass is 10.3. The van der Waals surface area contributed by atoms with Crippen LogP contribution < -0.4 is 5.73 Å². The fraction of sp³-hybridized carbons (Fsp3) is 0.750. The Morgan fingerprint density at radius 3 is 2.73 bits per heavy atom. The van der Waals surface area contributed by atoms with Gasteiger partial charge >= 0.3 is 0 Å². The molecule has 1 heterocycles. The first-order valence-electron chi connectivity index (χ1n) is 4.66. The van der Waals surface area contributed by atoms with Crippen LogP contribution >= 0.6 is 0 Å². The molecule has 0 fully saturated rings. The summed E-state index contributed by atoms with van der Waals surface area (Å²) >= 11 is 0. The molecule has 0 aliphatic rings. The molecular weight excluding hydrogens is 218 g/mol. The Morgan fingerprint density at radius 2 is 2.20 bits per heavy atom. The fourth-order valence-electron chi connectivity index (χ4n) is 0.977. The lowest BCUT2D eigenvalue weighted by molar-refractivity contribution is 0.371. The molecule has 0 amide bonds. The minimum Gasteiger partial charge on any atom is -0.338 e. The van der Waals surface area contributed by atoms with Gasteiger partial charge in [0.2, 0.25) is 5.89 Å². The Kier molecular flexibility index (Phi) is 3.81. The van der Waals surface area contributed by atoms with Gasteiger partial charge < -0.3 is 10.3 Å². The van der Waals surface area contributed by atoms with E-state index < -0.39 is 15.1 Å². The molecular formula is C8H15N3O3S. The van der Waals surface area contributed by atoms with Crippen LogP contribution in [-0.4, -0.2) is 31.4 Å². The summed E-state index contributed by atoms with van der Waals surface area (Å²) < 4.78 is 27.3. The minimum absolute atomic E-state index is 0.143. The quantitative estimate of drug-likeness (QED) is 0.772. The molecule has 7 heteroatoms. The van der Waals surface area contributed by atoms with E-state index in [1.54, 1.807) is 0 Å². The zero-order chi connectivity index (χ0) is 11.5. The molecule has 0 saturated carbocycles. The zero-order valence-electron chi connectivity index (χ0n) is 8.80. The van der Waals surface area contributed by atoms with E-state index in [0.29, 0.717) is 18.8 Å². The highest BCUT2D eigenvalue weighted by atomic mass is 32.2. The maximum absolute atomic E-state index is 11.2. The summed E-state index contributed by atoms with van der Waals surface area (Å²) in [5.74, 6) is 0.649. The summed E-state index contributed by atoms with van der Waals surface area (Å²) in [4.78, 5) is 4.00. The summed E-state index contributed by atoms with van der Waals surface area (Å²) in [5, 5.41) is 2.93. The Hall–Kier alpha value is -0.950. The van der Waals surface area contributed by atoms with Crippen molar-refractivity contribution in [2.75, 3.05) is 12.8 Å². The van der Waals surface area contributed by atoms with E-state index in [1.165, 1.54) is 6.92 Å². The Labute approximate surface area is 88.8 Å². The van der Waals surface area contributed by atoms with Gasteiger partial charge in [0.25, 0.3) is 0 Å². The number of hydrogen-bond acceptors (Lipinski definition) is 6. The third-order valence-electron chi connectivity index (χ3n) is 2.08. The molecule has 0 saturated heterocycles. The van der Waals surface area contributed by atoms with Crippen molar-refractivity contribution in [2.45, 2.75) is 25.0 Å². The first-order valence-corrected chi connectivity index (χ1v) is 6.62. The van der Waals surface area contributed by atoms with Gasteiger partial charge in [0.15, 0.2) is 15.7 Å². The molecule has 1 unspecified atom stereocenters. The standard InChI is InChI=1S/C8H15N3O3S/c1-6(15(2,12)13)8-10-7(11-14-8)4-3-5-9/h6H,3-5,9H2,1-2H3. The number of hydrogen-bond donors (Lipinski definition) is 1. The number of rotatable bonds is 5. The van der Waals surface area contributed by atoms with Gasteiger partial charge in [-0.2, -0.15) is 4.98 Å². The van der Waals surface area contributed by atoms with E-state index in [2.05, 4.69) is 10.1 Å². The van der Waals surface area contributed by atoms with Gasteiger partial charge in [0, 0.05) is 12.7 Å². The molecule has 2 N–H and O–H groups in total. The molecule has 0 spiro atoms. The topological polar surface area (TPSA) is 99.1 Å². The van der Waals surface area contributed by atoms with Crippen LogP contribution in [0.2, 0.25) is 0 Å². The van der Waals surface area contributed by atoms with Crippen molar-refractivity contribution in [3.05, 3.63) is 11.7 Å². The summed E-state index contributed by atoms with van der Waals surface area (Å²) in [6, 6.07) is 0. The molecule has 0 bridgehead atoms. The van der Waals surface area contributed by atoms with Crippen LogP contribution in [-0.2, 0) is 16.3 Å². The molecule has 1 aromatic rings. The second kappa shape index (κ2) is 4.71. The lowest BCUT2D eigenvalue weighted by Crippen LogP contribution is -2.08. The predicted octanol–water partition coefficient (Wildman–Crippen LogP) is 0.0665. The van der Waals surface area contributed by atoms with Gasteiger partial charge in [-0.1, -0.05) is 5.16 Å². The molecule has 6 nitrogen and oxygen atoms in total. The normalized spacial score (nSPS) is 14.1. The largest absolute Gasteiger partial charge is 0.338 e. The van der Waals surface area contributed by atoms with Gasteiger partial charge in [-0.15, -0.1) is 0 Å². The summed E-state index contributed by atoms with van der Waals surface area (Å²) in [6.07, 6.45) is 2.50. The Morgan fingerprint density at radius 1 is 1.53 bits per heavy atom. The Balaban J connectivity index is 2.76. The average Bonchev–Trinajstić information content (AvgIpc) is 2.60. The van der Waals surface area contributed by atoms with E-state index in [0.717, 1.165) is 12.7 Å². The minimum atomic E-state index is -3.18. The molecule has 0 radical (unpaired) electrons. The molecule has 1 atom stereocenters. The van der Waals surface area contributed by atoms with Crippen LogP contribution in [0.1, 0.15) is 30.3 Å². The molecule has 86 valence electrons. The number of aryl methyl sites for hydroxylation is 1. The van der Waals surface area contributed by atoms with E-state index >= 15 is 0 Å². The molecule has 1 aromatic heterocycles. The van der Waals surface area contributed by atoms with Crippen molar-refractivity contribution < 1.29 is 12.9 Å². The third-order valence-corrected chi connectivity index (χ3v) is 3.56. The first kappa shape index (κ1) is 12.1. The van der Waals surface area contributed by atoms with Crippen LogP contribution in [0.5, 0.6) is 0 Å².